The number of ether oxygens (including phenoxy) is 1. The van der Waals surface area contributed by atoms with Crippen molar-refractivity contribution >= 4 is 17.7 Å². The minimum atomic E-state index is -0.479. The van der Waals surface area contributed by atoms with Gasteiger partial charge in [0.1, 0.15) is 6.61 Å². The smallest absolute Gasteiger partial charge is 0.357 e. The molecule has 0 unspecified atom stereocenters. The fraction of sp³-hybridized carbons (Fsp3) is 0.333. The Balaban J connectivity index is 1.88. The molecular weight excluding hydrogens is 376 g/mol. The molecule has 0 aliphatic carbocycles. The molecule has 6 nitrogen and oxygen atoms in total. The van der Waals surface area contributed by atoms with E-state index >= 15 is 0 Å². The van der Waals surface area contributed by atoms with Gasteiger partial charge < -0.3 is 4.74 Å². The van der Waals surface area contributed by atoms with Crippen molar-refractivity contribution in [2.45, 2.75) is 53.6 Å². The van der Waals surface area contributed by atoms with Crippen molar-refractivity contribution in [3.8, 4) is 0 Å². The highest BCUT2D eigenvalue weighted by Crippen LogP contribution is 2.27. The highest BCUT2D eigenvalue weighted by molar-refractivity contribution is 6.15. The molecule has 3 rings (SSSR count). The first-order valence-electron chi connectivity index (χ1n) is 9.96. The summed E-state index contributed by atoms with van der Waals surface area (Å²) in [7, 11) is 0. The van der Waals surface area contributed by atoms with Gasteiger partial charge in [0.05, 0.1) is 0 Å². The van der Waals surface area contributed by atoms with E-state index in [0.29, 0.717) is 5.82 Å². The summed E-state index contributed by atoms with van der Waals surface area (Å²) < 4.78 is 7.11. The number of rotatable bonds is 5. The summed E-state index contributed by atoms with van der Waals surface area (Å²) in [6.07, 6.45) is 1.73. The zero-order valence-corrected chi connectivity index (χ0v) is 18.4. The fourth-order valence-electron chi connectivity index (χ4n) is 3.23. The molecule has 0 saturated heterocycles. The van der Waals surface area contributed by atoms with Crippen LogP contribution in [0, 0.1) is 20.8 Å². The number of hydrogen-bond donors (Lipinski definition) is 0. The lowest BCUT2D eigenvalue weighted by molar-refractivity contribution is -0.138. The van der Waals surface area contributed by atoms with Crippen molar-refractivity contribution in [1.29, 1.82) is 0 Å². The SMILES string of the molecule is Cc1cc(C(C)(C)C)cc(C)c1COC(=O)C(=Cc1ccccc1)n1nnnc1C. The van der Waals surface area contributed by atoms with E-state index in [1.165, 1.54) is 10.2 Å². The number of benzene rings is 2. The Morgan fingerprint density at radius 2 is 1.70 bits per heavy atom. The summed E-state index contributed by atoms with van der Waals surface area (Å²) in [5, 5.41) is 11.5. The second kappa shape index (κ2) is 8.61. The summed E-state index contributed by atoms with van der Waals surface area (Å²) in [6.45, 7) is 12.6. The van der Waals surface area contributed by atoms with Crippen LogP contribution in [0.2, 0.25) is 0 Å². The molecule has 0 bridgehead atoms. The van der Waals surface area contributed by atoms with Gasteiger partial charge in [-0.15, -0.1) is 5.10 Å². The highest BCUT2D eigenvalue weighted by Gasteiger charge is 2.20. The highest BCUT2D eigenvalue weighted by atomic mass is 16.5. The molecule has 0 saturated carbocycles. The summed E-state index contributed by atoms with van der Waals surface area (Å²) in [5.41, 5.74) is 5.70. The lowest BCUT2D eigenvalue weighted by Gasteiger charge is -2.22. The van der Waals surface area contributed by atoms with Crippen molar-refractivity contribution in [2.75, 3.05) is 0 Å². The number of nitrogens with zero attached hydrogens (tertiary/aromatic N) is 4. The third kappa shape index (κ3) is 4.82. The number of tetrazole rings is 1. The number of aryl methyl sites for hydroxylation is 3. The first kappa shape index (κ1) is 21.4. The maximum absolute atomic E-state index is 13.0. The average molecular weight is 405 g/mol. The first-order chi connectivity index (χ1) is 14.2. The lowest BCUT2D eigenvalue weighted by atomic mass is 9.84. The van der Waals surface area contributed by atoms with Gasteiger partial charge in [0.2, 0.25) is 0 Å². The molecule has 0 atom stereocenters. The largest absolute Gasteiger partial charge is 0.456 e. The molecule has 6 heteroatoms. The number of carbonyl (C=O) groups is 1. The molecule has 0 spiro atoms. The molecule has 30 heavy (non-hydrogen) atoms. The monoisotopic (exact) mass is 404 g/mol. The maximum Gasteiger partial charge on any atom is 0.357 e. The molecule has 0 radical (unpaired) electrons. The topological polar surface area (TPSA) is 69.9 Å². The van der Waals surface area contributed by atoms with Gasteiger partial charge in [-0.05, 0) is 70.5 Å². The second-order valence-electron chi connectivity index (χ2n) is 8.49. The van der Waals surface area contributed by atoms with Gasteiger partial charge in [0.25, 0.3) is 0 Å². The van der Waals surface area contributed by atoms with Crippen LogP contribution in [0.15, 0.2) is 42.5 Å². The Morgan fingerprint density at radius 3 is 2.23 bits per heavy atom. The minimum Gasteiger partial charge on any atom is -0.456 e. The van der Waals surface area contributed by atoms with Crippen molar-refractivity contribution in [1.82, 2.24) is 20.2 Å². The fourth-order valence-corrected chi connectivity index (χ4v) is 3.23. The van der Waals surface area contributed by atoms with E-state index in [1.54, 1.807) is 13.0 Å². The Morgan fingerprint density at radius 1 is 1.07 bits per heavy atom. The van der Waals surface area contributed by atoms with Crippen LogP contribution in [-0.2, 0) is 21.6 Å². The van der Waals surface area contributed by atoms with Crippen molar-refractivity contribution in [3.63, 3.8) is 0 Å². The van der Waals surface area contributed by atoms with Gasteiger partial charge in [0, 0.05) is 0 Å². The lowest BCUT2D eigenvalue weighted by Crippen LogP contribution is -2.16. The molecule has 0 aliphatic heterocycles. The average Bonchev–Trinajstić information content (AvgIpc) is 3.11. The Hall–Kier alpha value is -3.28. The van der Waals surface area contributed by atoms with Crippen molar-refractivity contribution in [3.05, 3.63) is 76.1 Å². The zero-order chi connectivity index (χ0) is 21.9. The minimum absolute atomic E-state index is 0.0634. The molecule has 0 aliphatic rings. The number of esters is 1. The normalized spacial score (nSPS) is 12.1. The van der Waals surface area contributed by atoms with E-state index < -0.39 is 5.97 Å². The van der Waals surface area contributed by atoms with E-state index in [1.807, 2.05) is 30.3 Å². The van der Waals surface area contributed by atoms with Gasteiger partial charge in [-0.1, -0.05) is 63.2 Å². The van der Waals surface area contributed by atoms with E-state index in [0.717, 1.165) is 22.3 Å². The standard InChI is InChI=1S/C24H28N4O2/c1-16-12-20(24(4,5)6)13-17(2)21(16)15-30-23(29)22(28-18(3)25-26-27-28)14-19-10-8-7-9-11-19/h7-14H,15H2,1-6H3. The molecule has 0 N–H and O–H groups in total. The van der Waals surface area contributed by atoms with Crippen molar-refractivity contribution < 1.29 is 9.53 Å². The van der Waals surface area contributed by atoms with Crippen LogP contribution in [0.3, 0.4) is 0 Å². The molecule has 2 aromatic carbocycles. The number of aromatic nitrogens is 4. The molecule has 156 valence electrons. The van der Waals surface area contributed by atoms with Gasteiger partial charge in [0.15, 0.2) is 11.5 Å². The summed E-state index contributed by atoms with van der Waals surface area (Å²) in [6, 6.07) is 13.9. The molecular formula is C24H28N4O2. The second-order valence-corrected chi connectivity index (χ2v) is 8.49. The van der Waals surface area contributed by atoms with E-state index in [9.17, 15) is 4.79 Å². The predicted octanol–water partition coefficient (Wildman–Crippen LogP) is 4.64. The zero-order valence-electron chi connectivity index (χ0n) is 18.4. The van der Waals surface area contributed by atoms with Gasteiger partial charge in [-0.3, -0.25) is 0 Å². The molecule has 0 fully saturated rings. The van der Waals surface area contributed by atoms with Crippen LogP contribution in [-0.4, -0.2) is 26.2 Å². The third-order valence-corrected chi connectivity index (χ3v) is 5.08. The maximum atomic E-state index is 13.0. The van der Waals surface area contributed by atoms with Crippen LogP contribution >= 0.6 is 0 Å². The van der Waals surface area contributed by atoms with Crippen LogP contribution in [0.5, 0.6) is 0 Å². The predicted molar refractivity (Wildman–Crippen MR) is 118 cm³/mol. The van der Waals surface area contributed by atoms with Crippen LogP contribution in [0.1, 0.15) is 54.4 Å². The van der Waals surface area contributed by atoms with Crippen LogP contribution < -0.4 is 0 Å². The van der Waals surface area contributed by atoms with E-state index in [-0.39, 0.29) is 17.7 Å². The summed E-state index contributed by atoms with van der Waals surface area (Å²) in [5.74, 6) is 0.0315. The Bertz CT molecular complexity index is 1050. The number of carbonyl (C=O) groups excluding carboxylic acids is 1. The Labute approximate surface area is 177 Å². The van der Waals surface area contributed by atoms with Crippen LogP contribution in [0.4, 0.5) is 0 Å². The molecule has 1 aromatic heterocycles. The summed E-state index contributed by atoms with van der Waals surface area (Å²) >= 11 is 0. The van der Waals surface area contributed by atoms with E-state index in [4.69, 9.17) is 4.74 Å². The quantitative estimate of drug-likeness (QED) is 0.458. The number of hydrogen-bond acceptors (Lipinski definition) is 5. The van der Waals surface area contributed by atoms with Gasteiger partial charge in [-0.25, -0.2) is 4.79 Å². The third-order valence-electron chi connectivity index (χ3n) is 5.08. The Kier molecular flexibility index (Phi) is 6.15. The van der Waals surface area contributed by atoms with E-state index in [2.05, 4.69) is 62.3 Å². The van der Waals surface area contributed by atoms with Crippen LogP contribution in [0.25, 0.3) is 11.8 Å². The first-order valence-corrected chi connectivity index (χ1v) is 9.96. The van der Waals surface area contributed by atoms with Gasteiger partial charge >= 0.3 is 5.97 Å². The molecule has 3 aromatic rings. The molecule has 0 amide bonds. The molecule has 1 heterocycles. The summed E-state index contributed by atoms with van der Waals surface area (Å²) in [4.78, 5) is 13.0. The van der Waals surface area contributed by atoms with Gasteiger partial charge in [-0.2, -0.15) is 4.68 Å². The van der Waals surface area contributed by atoms with Crippen molar-refractivity contribution in [2.24, 2.45) is 0 Å².